The zero-order chi connectivity index (χ0) is 12.6. The van der Waals surface area contributed by atoms with Crippen LogP contribution in [0.25, 0.3) is 0 Å². The highest BCUT2D eigenvalue weighted by molar-refractivity contribution is 7.91. The summed E-state index contributed by atoms with van der Waals surface area (Å²) >= 11 is 0. The van der Waals surface area contributed by atoms with Crippen molar-refractivity contribution in [3.63, 3.8) is 0 Å². The van der Waals surface area contributed by atoms with Gasteiger partial charge < -0.3 is 10.2 Å². The quantitative estimate of drug-likeness (QED) is 0.750. The van der Waals surface area contributed by atoms with Gasteiger partial charge in [-0.3, -0.25) is 4.79 Å². The van der Waals surface area contributed by atoms with E-state index in [0.29, 0.717) is 6.42 Å². The van der Waals surface area contributed by atoms with Crippen LogP contribution in [0.1, 0.15) is 26.7 Å². The van der Waals surface area contributed by atoms with Crippen LogP contribution in [0.15, 0.2) is 0 Å². The molecule has 16 heavy (non-hydrogen) atoms. The van der Waals surface area contributed by atoms with Crippen LogP contribution in [0.4, 0.5) is 0 Å². The number of aliphatic hydroxyl groups is 1. The van der Waals surface area contributed by atoms with E-state index >= 15 is 0 Å². The fraction of sp³-hybridized carbons (Fsp3) is 0.900. The summed E-state index contributed by atoms with van der Waals surface area (Å²) in [6.45, 7) is 3.36. The molecule has 6 heteroatoms. The fourth-order valence-electron chi connectivity index (χ4n) is 2.50. The Labute approximate surface area is 95.4 Å². The van der Waals surface area contributed by atoms with Gasteiger partial charge in [0, 0.05) is 0 Å². The first kappa shape index (κ1) is 13.4. The van der Waals surface area contributed by atoms with Gasteiger partial charge in [0.15, 0.2) is 9.84 Å². The van der Waals surface area contributed by atoms with E-state index in [4.69, 9.17) is 5.11 Å². The third-order valence-electron chi connectivity index (χ3n) is 3.05. The Morgan fingerprint density at radius 1 is 1.38 bits per heavy atom. The number of hydrogen-bond acceptors (Lipinski definition) is 4. The van der Waals surface area contributed by atoms with E-state index in [9.17, 15) is 18.3 Å². The normalized spacial score (nSPS) is 31.2. The lowest BCUT2D eigenvalue weighted by Gasteiger charge is -2.38. The van der Waals surface area contributed by atoms with Crippen LogP contribution in [-0.2, 0) is 14.6 Å². The van der Waals surface area contributed by atoms with Crippen LogP contribution in [0, 0.1) is 11.8 Å². The molecule has 1 fully saturated rings. The number of carboxylic acids is 1. The van der Waals surface area contributed by atoms with Crippen molar-refractivity contribution in [2.45, 2.75) is 32.3 Å². The van der Waals surface area contributed by atoms with E-state index in [-0.39, 0.29) is 18.1 Å². The van der Waals surface area contributed by atoms with E-state index in [1.807, 2.05) is 0 Å². The Bertz CT molecular complexity index is 373. The van der Waals surface area contributed by atoms with E-state index in [1.54, 1.807) is 13.8 Å². The summed E-state index contributed by atoms with van der Waals surface area (Å²) in [7, 11) is -3.32. The Hall–Kier alpha value is -0.620. The Kier molecular flexibility index (Phi) is 3.64. The predicted molar refractivity (Wildman–Crippen MR) is 58.8 cm³/mol. The molecule has 94 valence electrons. The lowest BCUT2D eigenvalue weighted by molar-refractivity contribution is -0.154. The van der Waals surface area contributed by atoms with Crippen LogP contribution < -0.4 is 0 Å². The Morgan fingerprint density at radius 2 is 1.94 bits per heavy atom. The molecule has 2 atom stereocenters. The molecule has 1 heterocycles. The van der Waals surface area contributed by atoms with Crippen LogP contribution in [0.2, 0.25) is 0 Å². The number of carboxylic acid groups (broad SMARTS) is 1. The summed E-state index contributed by atoms with van der Waals surface area (Å²) in [5.41, 5.74) is -1.61. The van der Waals surface area contributed by atoms with E-state index < -0.39 is 33.1 Å². The molecule has 0 aromatic heterocycles. The molecular formula is C10H18O5S. The van der Waals surface area contributed by atoms with Crippen molar-refractivity contribution in [3.05, 3.63) is 0 Å². The summed E-state index contributed by atoms with van der Waals surface area (Å²) < 4.78 is 22.9. The molecule has 1 saturated heterocycles. The van der Waals surface area contributed by atoms with Crippen LogP contribution in [0.5, 0.6) is 0 Å². The number of rotatable bonds is 3. The average Bonchev–Trinajstić information content (AvgIpc) is 1.97. The Morgan fingerprint density at radius 3 is 2.31 bits per heavy atom. The molecule has 0 aliphatic carbocycles. The van der Waals surface area contributed by atoms with Crippen molar-refractivity contribution in [2.24, 2.45) is 11.8 Å². The van der Waals surface area contributed by atoms with Crippen LogP contribution in [0.3, 0.4) is 0 Å². The molecule has 2 unspecified atom stereocenters. The molecular weight excluding hydrogens is 232 g/mol. The maximum atomic E-state index is 11.5. The minimum Gasteiger partial charge on any atom is -0.481 e. The average molecular weight is 250 g/mol. The zero-order valence-electron chi connectivity index (χ0n) is 9.51. The van der Waals surface area contributed by atoms with Crippen molar-refractivity contribution in [2.75, 3.05) is 11.5 Å². The number of carbonyl (C=O) groups is 1. The zero-order valence-corrected chi connectivity index (χ0v) is 10.3. The highest BCUT2D eigenvalue weighted by Gasteiger charge is 2.48. The van der Waals surface area contributed by atoms with Gasteiger partial charge in [-0.2, -0.15) is 0 Å². The summed E-state index contributed by atoms with van der Waals surface area (Å²) in [5.74, 6) is -2.84. The van der Waals surface area contributed by atoms with Gasteiger partial charge in [0.2, 0.25) is 0 Å². The minimum absolute atomic E-state index is 0.0414. The molecule has 0 spiro atoms. The second-order valence-electron chi connectivity index (χ2n) is 4.86. The van der Waals surface area contributed by atoms with Crippen molar-refractivity contribution >= 4 is 15.8 Å². The summed E-state index contributed by atoms with van der Waals surface area (Å²) in [5, 5.41) is 19.3. The molecule has 0 aromatic carbocycles. The lowest BCUT2D eigenvalue weighted by atomic mass is 9.78. The second-order valence-corrected chi connectivity index (χ2v) is 7.04. The molecule has 0 bridgehead atoms. The van der Waals surface area contributed by atoms with Crippen LogP contribution >= 0.6 is 0 Å². The van der Waals surface area contributed by atoms with E-state index in [2.05, 4.69) is 0 Å². The van der Waals surface area contributed by atoms with Crippen molar-refractivity contribution in [3.8, 4) is 0 Å². The maximum Gasteiger partial charge on any atom is 0.309 e. The van der Waals surface area contributed by atoms with Gasteiger partial charge in [-0.15, -0.1) is 0 Å². The molecule has 2 N–H and O–H groups in total. The lowest BCUT2D eigenvalue weighted by Crippen LogP contribution is -2.52. The fourth-order valence-corrected chi connectivity index (χ4v) is 4.32. The summed E-state index contributed by atoms with van der Waals surface area (Å²) in [6.07, 6.45) is 0.566. The molecule has 0 saturated carbocycles. The monoisotopic (exact) mass is 250 g/mol. The van der Waals surface area contributed by atoms with Crippen molar-refractivity contribution in [1.29, 1.82) is 0 Å². The number of aliphatic carboxylic acids is 1. The number of hydrogen-bond donors (Lipinski definition) is 2. The topological polar surface area (TPSA) is 91.7 Å². The van der Waals surface area contributed by atoms with E-state index in [0.717, 1.165) is 0 Å². The molecule has 1 aliphatic heterocycles. The van der Waals surface area contributed by atoms with Gasteiger partial charge in [-0.25, -0.2) is 8.42 Å². The van der Waals surface area contributed by atoms with Crippen molar-refractivity contribution in [1.82, 2.24) is 0 Å². The molecule has 1 rings (SSSR count). The minimum atomic E-state index is -3.32. The van der Waals surface area contributed by atoms with Gasteiger partial charge in [-0.05, 0) is 18.8 Å². The van der Waals surface area contributed by atoms with Gasteiger partial charge in [0.25, 0.3) is 0 Å². The second kappa shape index (κ2) is 4.33. The summed E-state index contributed by atoms with van der Waals surface area (Å²) in [4.78, 5) is 11.1. The van der Waals surface area contributed by atoms with Crippen LogP contribution in [-0.4, -0.2) is 41.7 Å². The SMILES string of the molecule is CC(C)C(C(=O)O)C1(O)CCCS(=O)(=O)C1. The molecule has 0 radical (unpaired) electrons. The smallest absolute Gasteiger partial charge is 0.309 e. The summed E-state index contributed by atoms with van der Waals surface area (Å²) in [6, 6.07) is 0. The molecule has 5 nitrogen and oxygen atoms in total. The van der Waals surface area contributed by atoms with Crippen molar-refractivity contribution < 1.29 is 23.4 Å². The molecule has 1 aliphatic rings. The molecule has 0 amide bonds. The first-order valence-corrected chi connectivity index (χ1v) is 7.16. The molecule has 0 aromatic rings. The largest absolute Gasteiger partial charge is 0.481 e. The van der Waals surface area contributed by atoms with Gasteiger partial charge >= 0.3 is 5.97 Å². The first-order chi connectivity index (χ1) is 7.18. The maximum absolute atomic E-state index is 11.5. The number of sulfone groups is 1. The third kappa shape index (κ3) is 2.74. The highest BCUT2D eigenvalue weighted by atomic mass is 32.2. The highest BCUT2D eigenvalue weighted by Crippen LogP contribution is 2.34. The first-order valence-electron chi connectivity index (χ1n) is 5.33. The van der Waals surface area contributed by atoms with Gasteiger partial charge in [0.05, 0.1) is 23.0 Å². The Balaban J connectivity index is 3.03. The third-order valence-corrected chi connectivity index (χ3v) is 4.90. The van der Waals surface area contributed by atoms with Gasteiger partial charge in [0.1, 0.15) is 0 Å². The van der Waals surface area contributed by atoms with Gasteiger partial charge in [-0.1, -0.05) is 13.8 Å². The van der Waals surface area contributed by atoms with E-state index in [1.165, 1.54) is 0 Å². The predicted octanol–water partition coefficient (Wildman–Crippen LogP) is 0.283. The standard InChI is InChI=1S/C10H18O5S/c1-7(2)8(9(11)12)10(13)4-3-5-16(14,15)6-10/h7-8,13H,3-6H2,1-2H3,(H,11,12).